The number of carbonyl (C=O) groups is 1. The van der Waals surface area contributed by atoms with Gasteiger partial charge in [-0.25, -0.2) is 0 Å². The molecular formula is C14H16ClN3O3. The van der Waals surface area contributed by atoms with Crippen molar-refractivity contribution in [3.05, 3.63) is 35.2 Å². The van der Waals surface area contributed by atoms with Crippen molar-refractivity contribution in [3.63, 3.8) is 0 Å². The molecule has 0 amide bonds. The van der Waals surface area contributed by atoms with Gasteiger partial charge in [0, 0.05) is 5.56 Å². The SMILES string of the molecule is CCC(C)(NCc1nc(-c2ccccc2Cl)no1)C(=O)O. The van der Waals surface area contributed by atoms with E-state index in [0.29, 0.717) is 28.7 Å². The van der Waals surface area contributed by atoms with Gasteiger partial charge in [-0.1, -0.05) is 35.8 Å². The van der Waals surface area contributed by atoms with Crippen LogP contribution in [0, 0.1) is 0 Å². The molecule has 2 aromatic rings. The van der Waals surface area contributed by atoms with E-state index in [2.05, 4.69) is 15.5 Å². The van der Waals surface area contributed by atoms with Gasteiger partial charge in [0.25, 0.3) is 0 Å². The Morgan fingerprint density at radius 3 is 2.81 bits per heavy atom. The van der Waals surface area contributed by atoms with Gasteiger partial charge in [-0.3, -0.25) is 10.1 Å². The summed E-state index contributed by atoms with van der Waals surface area (Å²) in [7, 11) is 0. The molecule has 7 heteroatoms. The van der Waals surface area contributed by atoms with Crippen molar-refractivity contribution in [1.29, 1.82) is 0 Å². The summed E-state index contributed by atoms with van der Waals surface area (Å²) in [6.07, 6.45) is 0.438. The molecule has 1 aromatic heterocycles. The molecule has 1 aromatic carbocycles. The summed E-state index contributed by atoms with van der Waals surface area (Å²) in [6.45, 7) is 3.58. The molecule has 0 saturated carbocycles. The van der Waals surface area contributed by atoms with Crippen LogP contribution in [0.3, 0.4) is 0 Å². The zero-order chi connectivity index (χ0) is 15.5. The molecular weight excluding hydrogens is 294 g/mol. The molecule has 0 fully saturated rings. The highest BCUT2D eigenvalue weighted by Gasteiger charge is 2.30. The Bertz CT molecular complexity index is 644. The summed E-state index contributed by atoms with van der Waals surface area (Å²) in [4.78, 5) is 15.4. The van der Waals surface area contributed by atoms with E-state index in [9.17, 15) is 9.90 Å². The third-order valence-electron chi connectivity index (χ3n) is 3.39. The number of nitrogens with one attached hydrogen (secondary N) is 1. The number of aliphatic carboxylic acids is 1. The fourth-order valence-corrected chi connectivity index (χ4v) is 1.92. The minimum absolute atomic E-state index is 0.175. The van der Waals surface area contributed by atoms with Crippen LogP contribution in [-0.2, 0) is 11.3 Å². The Balaban J connectivity index is 2.11. The predicted molar refractivity (Wildman–Crippen MR) is 77.9 cm³/mol. The van der Waals surface area contributed by atoms with Crippen LogP contribution in [-0.4, -0.2) is 26.8 Å². The van der Waals surface area contributed by atoms with Crippen LogP contribution in [0.5, 0.6) is 0 Å². The minimum atomic E-state index is -1.03. The maximum atomic E-state index is 11.2. The summed E-state index contributed by atoms with van der Waals surface area (Å²) >= 11 is 6.07. The first-order valence-electron chi connectivity index (χ1n) is 6.52. The molecule has 0 aliphatic carbocycles. The minimum Gasteiger partial charge on any atom is -0.480 e. The molecule has 2 N–H and O–H groups in total. The van der Waals surface area contributed by atoms with Gasteiger partial charge in [-0.05, 0) is 25.5 Å². The number of benzene rings is 1. The van der Waals surface area contributed by atoms with E-state index in [1.807, 2.05) is 12.1 Å². The van der Waals surface area contributed by atoms with Crippen LogP contribution >= 0.6 is 11.6 Å². The van der Waals surface area contributed by atoms with E-state index in [1.165, 1.54) is 0 Å². The lowest BCUT2D eigenvalue weighted by Crippen LogP contribution is -2.48. The zero-order valence-electron chi connectivity index (χ0n) is 11.8. The third kappa shape index (κ3) is 3.40. The predicted octanol–water partition coefficient (Wildman–Crippen LogP) is 2.73. The summed E-state index contributed by atoms with van der Waals surface area (Å²) in [5.74, 6) is -0.229. The Morgan fingerprint density at radius 2 is 2.19 bits per heavy atom. The standard InChI is InChI=1S/C14H16ClN3O3/c1-3-14(2,13(19)20)16-8-11-17-12(18-21-11)9-6-4-5-7-10(9)15/h4-7,16H,3,8H2,1-2H3,(H,19,20). The van der Waals surface area contributed by atoms with Crippen LogP contribution in [0.2, 0.25) is 5.02 Å². The van der Waals surface area contributed by atoms with E-state index in [4.69, 9.17) is 16.1 Å². The quantitative estimate of drug-likeness (QED) is 0.853. The van der Waals surface area contributed by atoms with Gasteiger partial charge in [0.2, 0.25) is 11.7 Å². The molecule has 1 heterocycles. The summed E-state index contributed by atoms with van der Waals surface area (Å²) in [5, 5.41) is 16.5. The molecule has 0 spiro atoms. The third-order valence-corrected chi connectivity index (χ3v) is 3.72. The number of hydrogen-bond donors (Lipinski definition) is 2. The second-order valence-electron chi connectivity index (χ2n) is 4.84. The number of aromatic nitrogens is 2. The van der Waals surface area contributed by atoms with Crippen LogP contribution in [0.1, 0.15) is 26.2 Å². The fraction of sp³-hybridized carbons (Fsp3) is 0.357. The van der Waals surface area contributed by atoms with Gasteiger partial charge in [0.15, 0.2) is 0 Å². The van der Waals surface area contributed by atoms with Crippen LogP contribution in [0.15, 0.2) is 28.8 Å². The molecule has 0 saturated heterocycles. The lowest BCUT2D eigenvalue weighted by molar-refractivity contribution is -0.144. The van der Waals surface area contributed by atoms with Crippen molar-refractivity contribution in [2.45, 2.75) is 32.4 Å². The van der Waals surface area contributed by atoms with Crippen molar-refractivity contribution in [2.75, 3.05) is 0 Å². The first-order chi connectivity index (χ1) is 9.96. The molecule has 2 rings (SSSR count). The second kappa shape index (κ2) is 6.24. The monoisotopic (exact) mass is 309 g/mol. The summed E-state index contributed by atoms with van der Waals surface area (Å²) in [5.41, 5.74) is -0.357. The Morgan fingerprint density at radius 1 is 1.48 bits per heavy atom. The molecule has 1 atom stereocenters. The largest absolute Gasteiger partial charge is 0.480 e. The average molecular weight is 310 g/mol. The Labute approximate surface area is 127 Å². The van der Waals surface area contributed by atoms with Crippen molar-refractivity contribution < 1.29 is 14.4 Å². The lowest BCUT2D eigenvalue weighted by atomic mass is 9.99. The topological polar surface area (TPSA) is 88.3 Å². The van der Waals surface area contributed by atoms with Crippen molar-refractivity contribution >= 4 is 17.6 Å². The van der Waals surface area contributed by atoms with Crippen LogP contribution < -0.4 is 5.32 Å². The zero-order valence-corrected chi connectivity index (χ0v) is 12.5. The number of halogens is 1. The normalized spacial score (nSPS) is 13.9. The smallest absolute Gasteiger partial charge is 0.323 e. The highest BCUT2D eigenvalue weighted by atomic mass is 35.5. The van der Waals surface area contributed by atoms with Gasteiger partial charge in [-0.2, -0.15) is 4.98 Å². The van der Waals surface area contributed by atoms with E-state index < -0.39 is 11.5 Å². The van der Waals surface area contributed by atoms with E-state index in [1.54, 1.807) is 26.0 Å². The number of hydrogen-bond acceptors (Lipinski definition) is 5. The van der Waals surface area contributed by atoms with Crippen LogP contribution in [0.25, 0.3) is 11.4 Å². The number of nitrogens with zero attached hydrogens (tertiary/aromatic N) is 2. The van der Waals surface area contributed by atoms with Crippen molar-refractivity contribution in [2.24, 2.45) is 0 Å². The van der Waals surface area contributed by atoms with Crippen molar-refractivity contribution in [3.8, 4) is 11.4 Å². The maximum Gasteiger partial charge on any atom is 0.323 e. The van der Waals surface area contributed by atoms with E-state index >= 15 is 0 Å². The average Bonchev–Trinajstić information content (AvgIpc) is 2.93. The Kier molecular flexibility index (Phi) is 4.59. The molecule has 6 nitrogen and oxygen atoms in total. The molecule has 0 radical (unpaired) electrons. The summed E-state index contributed by atoms with van der Waals surface area (Å²) < 4.78 is 5.12. The summed E-state index contributed by atoms with van der Waals surface area (Å²) in [6, 6.07) is 7.17. The maximum absolute atomic E-state index is 11.2. The van der Waals surface area contributed by atoms with Gasteiger partial charge >= 0.3 is 5.97 Å². The number of carboxylic acids is 1. The highest BCUT2D eigenvalue weighted by Crippen LogP contribution is 2.24. The fourth-order valence-electron chi connectivity index (χ4n) is 1.70. The molecule has 1 unspecified atom stereocenters. The first-order valence-corrected chi connectivity index (χ1v) is 6.90. The molecule has 0 aliphatic heterocycles. The second-order valence-corrected chi connectivity index (χ2v) is 5.24. The van der Waals surface area contributed by atoms with Gasteiger partial charge < -0.3 is 9.63 Å². The number of carboxylic acid groups (broad SMARTS) is 1. The van der Waals surface area contributed by atoms with Gasteiger partial charge in [0.1, 0.15) is 5.54 Å². The highest BCUT2D eigenvalue weighted by molar-refractivity contribution is 6.33. The molecule has 0 aliphatic rings. The molecule has 112 valence electrons. The van der Waals surface area contributed by atoms with Crippen molar-refractivity contribution in [1.82, 2.24) is 15.5 Å². The molecule has 21 heavy (non-hydrogen) atoms. The molecule has 0 bridgehead atoms. The number of rotatable bonds is 6. The van der Waals surface area contributed by atoms with E-state index in [-0.39, 0.29) is 6.54 Å². The van der Waals surface area contributed by atoms with E-state index in [0.717, 1.165) is 0 Å². The Hall–Kier alpha value is -1.92. The first kappa shape index (κ1) is 15.5. The lowest BCUT2D eigenvalue weighted by Gasteiger charge is -2.23. The van der Waals surface area contributed by atoms with Gasteiger partial charge in [-0.15, -0.1) is 0 Å². The van der Waals surface area contributed by atoms with Crippen LogP contribution in [0.4, 0.5) is 0 Å². The van der Waals surface area contributed by atoms with Gasteiger partial charge in [0.05, 0.1) is 11.6 Å².